The molecule has 0 aliphatic rings. The molecule has 0 bridgehead atoms. The standard InChI is InChI=1S/C15H22BrNO2/c1-4-15(5-2,6-3)17-10-12-8-7-11(14(18)19)9-13(12)16/h7-9,17H,4-6,10H2,1-3H3,(H,18,19). The van der Waals surface area contributed by atoms with Gasteiger partial charge in [0.1, 0.15) is 0 Å². The van der Waals surface area contributed by atoms with Crippen LogP contribution in [0.15, 0.2) is 22.7 Å². The summed E-state index contributed by atoms with van der Waals surface area (Å²) >= 11 is 3.45. The minimum atomic E-state index is -0.898. The smallest absolute Gasteiger partial charge is 0.335 e. The number of carboxylic acids is 1. The van der Waals surface area contributed by atoms with Crippen molar-refractivity contribution >= 4 is 21.9 Å². The van der Waals surface area contributed by atoms with E-state index in [-0.39, 0.29) is 5.54 Å². The molecule has 0 spiro atoms. The Morgan fingerprint density at radius 2 is 1.84 bits per heavy atom. The quantitative estimate of drug-likeness (QED) is 0.788. The lowest BCUT2D eigenvalue weighted by atomic mass is 9.89. The number of hydrogen-bond acceptors (Lipinski definition) is 2. The van der Waals surface area contributed by atoms with Gasteiger partial charge in [-0.25, -0.2) is 4.79 Å². The average Bonchev–Trinajstić information content (AvgIpc) is 2.42. The lowest BCUT2D eigenvalue weighted by Gasteiger charge is -2.32. The molecule has 2 N–H and O–H groups in total. The summed E-state index contributed by atoms with van der Waals surface area (Å²) in [6, 6.07) is 5.17. The van der Waals surface area contributed by atoms with Gasteiger partial charge in [-0.05, 0) is 37.0 Å². The van der Waals surface area contributed by atoms with Crippen LogP contribution in [0.25, 0.3) is 0 Å². The van der Waals surface area contributed by atoms with Gasteiger partial charge in [-0.2, -0.15) is 0 Å². The van der Waals surface area contributed by atoms with Gasteiger partial charge in [0, 0.05) is 16.6 Å². The Morgan fingerprint density at radius 3 is 2.26 bits per heavy atom. The highest BCUT2D eigenvalue weighted by Gasteiger charge is 2.22. The highest BCUT2D eigenvalue weighted by atomic mass is 79.9. The van der Waals surface area contributed by atoms with Crippen molar-refractivity contribution < 1.29 is 9.90 Å². The number of carboxylic acid groups (broad SMARTS) is 1. The van der Waals surface area contributed by atoms with Crippen molar-refractivity contribution in [3.8, 4) is 0 Å². The Morgan fingerprint density at radius 1 is 1.26 bits per heavy atom. The van der Waals surface area contributed by atoms with E-state index in [2.05, 4.69) is 42.0 Å². The van der Waals surface area contributed by atoms with Crippen LogP contribution in [0.3, 0.4) is 0 Å². The zero-order valence-electron chi connectivity index (χ0n) is 11.8. The summed E-state index contributed by atoms with van der Waals surface area (Å²) in [5.41, 5.74) is 1.57. The Bertz CT molecular complexity index is 434. The molecular formula is C15H22BrNO2. The zero-order valence-corrected chi connectivity index (χ0v) is 13.4. The molecule has 0 aliphatic carbocycles. The molecule has 0 amide bonds. The Labute approximate surface area is 123 Å². The fourth-order valence-corrected chi connectivity index (χ4v) is 2.75. The van der Waals surface area contributed by atoms with E-state index in [1.807, 2.05) is 6.07 Å². The number of hydrogen-bond donors (Lipinski definition) is 2. The first-order valence-electron chi connectivity index (χ1n) is 6.74. The molecule has 0 heterocycles. The van der Waals surface area contributed by atoms with E-state index in [1.165, 1.54) is 0 Å². The SMILES string of the molecule is CCC(CC)(CC)NCc1ccc(C(=O)O)cc1Br. The van der Waals surface area contributed by atoms with E-state index < -0.39 is 5.97 Å². The van der Waals surface area contributed by atoms with Crippen molar-refractivity contribution in [3.63, 3.8) is 0 Å². The van der Waals surface area contributed by atoms with Gasteiger partial charge in [-0.15, -0.1) is 0 Å². The van der Waals surface area contributed by atoms with Crippen LogP contribution >= 0.6 is 15.9 Å². The largest absolute Gasteiger partial charge is 0.478 e. The molecule has 0 aromatic heterocycles. The third kappa shape index (κ3) is 4.05. The predicted octanol–water partition coefficient (Wildman–Crippen LogP) is 4.21. The number of aromatic carboxylic acids is 1. The predicted molar refractivity (Wildman–Crippen MR) is 81.5 cm³/mol. The van der Waals surface area contributed by atoms with Crippen molar-refractivity contribution in [2.75, 3.05) is 0 Å². The van der Waals surface area contributed by atoms with Gasteiger partial charge in [-0.3, -0.25) is 0 Å². The highest BCUT2D eigenvalue weighted by molar-refractivity contribution is 9.10. The number of halogens is 1. The van der Waals surface area contributed by atoms with Crippen molar-refractivity contribution in [2.24, 2.45) is 0 Å². The zero-order chi connectivity index (χ0) is 14.5. The van der Waals surface area contributed by atoms with Crippen LogP contribution in [0.5, 0.6) is 0 Å². The van der Waals surface area contributed by atoms with E-state index in [9.17, 15) is 4.79 Å². The lowest BCUT2D eigenvalue weighted by molar-refractivity contribution is 0.0697. The maximum atomic E-state index is 10.9. The second kappa shape index (κ2) is 7.06. The fraction of sp³-hybridized carbons (Fsp3) is 0.533. The number of rotatable bonds is 7. The summed E-state index contributed by atoms with van der Waals surface area (Å²) in [5, 5.41) is 12.5. The monoisotopic (exact) mass is 327 g/mol. The normalized spacial score (nSPS) is 11.6. The van der Waals surface area contributed by atoms with E-state index in [0.29, 0.717) is 5.56 Å². The molecule has 106 valence electrons. The van der Waals surface area contributed by atoms with Crippen molar-refractivity contribution in [1.82, 2.24) is 5.32 Å². The van der Waals surface area contributed by atoms with E-state index in [1.54, 1.807) is 12.1 Å². The summed E-state index contributed by atoms with van der Waals surface area (Å²) < 4.78 is 0.845. The Hall–Kier alpha value is -0.870. The van der Waals surface area contributed by atoms with Crippen molar-refractivity contribution in [1.29, 1.82) is 0 Å². The molecule has 1 aromatic carbocycles. The van der Waals surface area contributed by atoms with Crippen molar-refractivity contribution in [2.45, 2.75) is 52.1 Å². The molecule has 0 atom stereocenters. The molecule has 4 heteroatoms. The minimum absolute atomic E-state index is 0.172. The van der Waals surface area contributed by atoms with Crippen LogP contribution in [0.1, 0.15) is 56.0 Å². The maximum Gasteiger partial charge on any atom is 0.335 e. The third-order valence-electron chi connectivity index (χ3n) is 3.98. The van der Waals surface area contributed by atoms with Crippen molar-refractivity contribution in [3.05, 3.63) is 33.8 Å². The van der Waals surface area contributed by atoms with Crippen LogP contribution in [-0.4, -0.2) is 16.6 Å². The molecule has 0 radical (unpaired) electrons. The molecule has 0 fully saturated rings. The molecule has 0 unspecified atom stereocenters. The van der Waals surface area contributed by atoms with Crippen LogP contribution in [0, 0.1) is 0 Å². The molecule has 19 heavy (non-hydrogen) atoms. The van der Waals surface area contributed by atoms with Gasteiger partial charge >= 0.3 is 5.97 Å². The molecule has 1 rings (SSSR count). The molecule has 1 aromatic rings. The molecule has 0 saturated carbocycles. The second-order valence-electron chi connectivity index (χ2n) is 4.81. The first kappa shape index (κ1) is 16.2. The van der Waals surface area contributed by atoms with Gasteiger partial charge in [0.05, 0.1) is 5.56 Å². The van der Waals surface area contributed by atoms with Gasteiger partial charge in [0.15, 0.2) is 0 Å². The van der Waals surface area contributed by atoms with E-state index in [0.717, 1.165) is 35.8 Å². The number of benzene rings is 1. The maximum absolute atomic E-state index is 10.9. The van der Waals surface area contributed by atoms with Gasteiger partial charge in [0.25, 0.3) is 0 Å². The van der Waals surface area contributed by atoms with E-state index >= 15 is 0 Å². The summed E-state index contributed by atoms with van der Waals surface area (Å²) in [4.78, 5) is 10.9. The molecule has 0 aliphatic heterocycles. The van der Waals surface area contributed by atoms with Crippen LogP contribution in [0.2, 0.25) is 0 Å². The fourth-order valence-electron chi connectivity index (χ4n) is 2.23. The summed E-state index contributed by atoms with van der Waals surface area (Å²) in [5.74, 6) is -0.898. The third-order valence-corrected chi connectivity index (χ3v) is 4.72. The Balaban J connectivity index is 2.80. The first-order valence-corrected chi connectivity index (χ1v) is 7.54. The van der Waals surface area contributed by atoms with Crippen LogP contribution in [0.4, 0.5) is 0 Å². The van der Waals surface area contributed by atoms with Crippen LogP contribution < -0.4 is 5.32 Å². The second-order valence-corrected chi connectivity index (χ2v) is 5.66. The lowest BCUT2D eigenvalue weighted by Crippen LogP contribution is -2.43. The summed E-state index contributed by atoms with van der Waals surface area (Å²) in [6.07, 6.45) is 3.26. The van der Waals surface area contributed by atoms with Crippen LogP contribution in [-0.2, 0) is 6.54 Å². The van der Waals surface area contributed by atoms with E-state index in [4.69, 9.17) is 5.11 Å². The van der Waals surface area contributed by atoms with Gasteiger partial charge < -0.3 is 10.4 Å². The molecule has 3 nitrogen and oxygen atoms in total. The number of nitrogens with one attached hydrogen (secondary N) is 1. The average molecular weight is 328 g/mol. The van der Waals surface area contributed by atoms with Gasteiger partial charge in [-0.1, -0.05) is 42.8 Å². The summed E-state index contributed by atoms with van der Waals surface area (Å²) in [7, 11) is 0. The first-order chi connectivity index (χ1) is 8.98. The minimum Gasteiger partial charge on any atom is -0.478 e. The summed E-state index contributed by atoms with van der Waals surface area (Å²) in [6.45, 7) is 7.34. The highest BCUT2D eigenvalue weighted by Crippen LogP contribution is 2.23. The Kier molecular flexibility index (Phi) is 6.01. The topological polar surface area (TPSA) is 49.3 Å². The van der Waals surface area contributed by atoms with Gasteiger partial charge in [0.2, 0.25) is 0 Å². The molecule has 0 saturated heterocycles. The number of carbonyl (C=O) groups is 1. The molecular weight excluding hydrogens is 306 g/mol.